The lowest BCUT2D eigenvalue weighted by molar-refractivity contribution is -0.00754. The summed E-state index contributed by atoms with van der Waals surface area (Å²) in [6.07, 6.45) is -0.162. The van der Waals surface area contributed by atoms with Crippen LogP contribution in [0.2, 0.25) is 25.7 Å². The average Bonchev–Trinajstić information content (AvgIpc) is 3.76. The number of imidazole rings is 1. The number of aromatic nitrogens is 6. The number of fused-ring (bicyclic) bond motifs is 1. The number of aliphatic hydroxyl groups excluding tert-OH is 1. The monoisotopic (exact) mass is 653 g/mol. The number of amides is 1. The first kappa shape index (κ1) is 33.1. The van der Waals surface area contributed by atoms with E-state index in [9.17, 15) is 18.7 Å². The molecule has 1 atom stereocenters. The minimum Gasteiger partial charge on any atom is -0.387 e. The summed E-state index contributed by atoms with van der Waals surface area (Å²) in [5.41, 5.74) is 4.39. The Hall–Kier alpha value is -4.31. The van der Waals surface area contributed by atoms with E-state index in [1.54, 1.807) is 33.5 Å². The third kappa shape index (κ3) is 8.69. The molecule has 5 rings (SSSR count). The number of carbonyl (C=O) groups excluding carboxylic acids is 1. The number of nitrogens with one attached hydrogen (secondary N) is 1. The van der Waals surface area contributed by atoms with Gasteiger partial charge in [0.15, 0.2) is 0 Å². The number of ether oxygens (including phenoxy) is 2. The maximum Gasteiger partial charge on any atom is 0.274 e. The third-order valence-electron chi connectivity index (χ3n) is 7.13. The molecule has 0 spiro atoms. The minimum atomic E-state index is -2.92. The minimum absolute atomic E-state index is 0.117. The molecule has 1 aromatic carbocycles. The quantitative estimate of drug-likeness (QED) is 0.113. The Morgan fingerprint density at radius 3 is 2.72 bits per heavy atom. The van der Waals surface area contributed by atoms with E-state index in [2.05, 4.69) is 45.2 Å². The van der Waals surface area contributed by atoms with Crippen molar-refractivity contribution in [2.75, 3.05) is 11.9 Å². The van der Waals surface area contributed by atoms with Gasteiger partial charge in [0.1, 0.15) is 24.2 Å². The smallest absolute Gasteiger partial charge is 0.274 e. The SMILES string of the molecule is Cc1ccc(-c2noc(CC(O)C(F)F)n2)cc1NC(=O)c1cnc2cc(COCc3ccn(COCC[Si](C)(C)C)n3)ccn12. The Kier molecular flexibility index (Phi) is 10.4. The van der Waals surface area contributed by atoms with Crippen LogP contribution in [0.25, 0.3) is 17.0 Å². The number of nitrogens with zero attached hydrogens (tertiary/aromatic N) is 6. The summed E-state index contributed by atoms with van der Waals surface area (Å²) in [5, 5.41) is 20.6. The van der Waals surface area contributed by atoms with Crippen LogP contribution in [0.4, 0.5) is 14.5 Å². The van der Waals surface area contributed by atoms with Crippen molar-refractivity contribution in [2.45, 2.75) is 71.5 Å². The number of alkyl halides is 2. The summed E-state index contributed by atoms with van der Waals surface area (Å²) in [6.45, 7) is 10.6. The number of hydrogen-bond donors (Lipinski definition) is 2. The lowest BCUT2D eigenvalue weighted by Crippen LogP contribution is -2.22. The van der Waals surface area contributed by atoms with E-state index >= 15 is 0 Å². The number of rotatable bonds is 15. The Morgan fingerprint density at radius 1 is 1.11 bits per heavy atom. The second-order valence-electron chi connectivity index (χ2n) is 12.2. The number of benzene rings is 1. The number of aryl methyl sites for hydroxylation is 1. The van der Waals surface area contributed by atoms with Crippen LogP contribution in [0.5, 0.6) is 0 Å². The lowest BCUT2D eigenvalue weighted by atomic mass is 10.1. The molecule has 0 radical (unpaired) electrons. The second kappa shape index (κ2) is 14.4. The number of carbonyl (C=O) groups is 1. The van der Waals surface area contributed by atoms with Crippen molar-refractivity contribution < 1.29 is 32.7 Å². The van der Waals surface area contributed by atoms with Crippen LogP contribution >= 0.6 is 0 Å². The first-order valence-corrected chi connectivity index (χ1v) is 18.5. The fourth-order valence-corrected chi connectivity index (χ4v) is 5.20. The summed E-state index contributed by atoms with van der Waals surface area (Å²) < 4.78 is 45.4. The molecule has 0 aliphatic carbocycles. The number of hydrogen-bond acceptors (Lipinski definition) is 9. The van der Waals surface area contributed by atoms with E-state index in [1.807, 2.05) is 31.3 Å². The van der Waals surface area contributed by atoms with Gasteiger partial charge >= 0.3 is 0 Å². The van der Waals surface area contributed by atoms with Gasteiger partial charge in [0.05, 0.1) is 31.5 Å². The molecule has 4 aromatic heterocycles. The van der Waals surface area contributed by atoms with Crippen molar-refractivity contribution in [3.05, 3.63) is 83.4 Å². The van der Waals surface area contributed by atoms with E-state index in [0.717, 1.165) is 29.5 Å². The van der Waals surface area contributed by atoms with Crippen LogP contribution in [-0.2, 0) is 35.8 Å². The van der Waals surface area contributed by atoms with Crippen molar-refractivity contribution in [1.82, 2.24) is 29.3 Å². The van der Waals surface area contributed by atoms with Gasteiger partial charge in [0.2, 0.25) is 11.7 Å². The highest BCUT2D eigenvalue weighted by Gasteiger charge is 2.22. The van der Waals surface area contributed by atoms with E-state index in [4.69, 9.17) is 14.0 Å². The van der Waals surface area contributed by atoms with Crippen LogP contribution in [0.1, 0.15) is 33.2 Å². The molecule has 5 aromatic rings. The summed E-state index contributed by atoms with van der Waals surface area (Å²) in [7, 11) is -1.13. The van der Waals surface area contributed by atoms with Gasteiger partial charge in [-0.25, -0.2) is 18.4 Å². The number of pyridine rings is 1. The largest absolute Gasteiger partial charge is 0.387 e. The molecular weight excluding hydrogens is 616 g/mol. The normalized spacial score (nSPS) is 12.7. The van der Waals surface area contributed by atoms with E-state index in [-0.39, 0.29) is 17.6 Å². The Bertz CT molecular complexity index is 1780. The molecule has 2 N–H and O–H groups in total. The molecular formula is C31H37F2N7O5Si. The van der Waals surface area contributed by atoms with Gasteiger partial charge in [-0.05, 0) is 48.4 Å². The summed E-state index contributed by atoms with van der Waals surface area (Å²) in [5.74, 6) is -0.355. The van der Waals surface area contributed by atoms with Crippen molar-refractivity contribution in [2.24, 2.45) is 0 Å². The summed E-state index contributed by atoms with van der Waals surface area (Å²) >= 11 is 0. The predicted molar refractivity (Wildman–Crippen MR) is 168 cm³/mol. The standard InChI is InChI=1S/C31H37F2N7O5Si/c1-20-5-6-22(30-36-28(45-38-30)15-26(41)29(32)33)14-24(20)35-31(42)25-16-34-27-13-21(7-10-40(25)27)17-44-18-23-8-9-39(37-23)19-43-11-12-46(2,3)4/h5-10,13-14,16,26,29,41H,11-12,15,17-19H2,1-4H3,(H,35,42). The number of halogens is 2. The predicted octanol–water partition coefficient (Wildman–Crippen LogP) is 5.34. The molecule has 0 bridgehead atoms. The third-order valence-corrected chi connectivity index (χ3v) is 8.84. The van der Waals surface area contributed by atoms with E-state index in [1.165, 1.54) is 6.20 Å². The van der Waals surface area contributed by atoms with Crippen LogP contribution in [0, 0.1) is 6.92 Å². The number of anilines is 1. The molecule has 0 saturated carbocycles. The molecule has 15 heteroatoms. The zero-order valence-corrected chi connectivity index (χ0v) is 27.1. The molecule has 4 heterocycles. The highest BCUT2D eigenvalue weighted by atomic mass is 28.3. The van der Waals surface area contributed by atoms with Crippen LogP contribution in [0.15, 0.2) is 59.5 Å². The highest BCUT2D eigenvalue weighted by Crippen LogP contribution is 2.25. The van der Waals surface area contributed by atoms with Crippen molar-refractivity contribution in [3.63, 3.8) is 0 Å². The maximum absolute atomic E-state index is 13.3. The molecule has 1 amide bonds. The van der Waals surface area contributed by atoms with Gasteiger partial charge in [-0.2, -0.15) is 10.1 Å². The van der Waals surface area contributed by atoms with Crippen molar-refractivity contribution >= 4 is 25.3 Å². The van der Waals surface area contributed by atoms with Gasteiger partial charge in [0.25, 0.3) is 12.3 Å². The van der Waals surface area contributed by atoms with Gasteiger partial charge in [-0.3, -0.25) is 9.20 Å². The van der Waals surface area contributed by atoms with E-state index in [0.29, 0.717) is 42.5 Å². The van der Waals surface area contributed by atoms with Gasteiger partial charge in [0, 0.05) is 38.3 Å². The first-order valence-electron chi connectivity index (χ1n) is 14.8. The zero-order chi connectivity index (χ0) is 32.8. The van der Waals surface area contributed by atoms with Gasteiger partial charge in [-0.1, -0.05) is 36.9 Å². The zero-order valence-electron chi connectivity index (χ0n) is 26.1. The highest BCUT2D eigenvalue weighted by molar-refractivity contribution is 6.76. The van der Waals surface area contributed by atoms with E-state index < -0.39 is 27.0 Å². The molecule has 0 fully saturated rings. The fourth-order valence-electron chi connectivity index (χ4n) is 4.45. The maximum atomic E-state index is 13.3. The average molecular weight is 654 g/mol. The summed E-state index contributed by atoms with van der Waals surface area (Å²) in [4.78, 5) is 21.8. The van der Waals surface area contributed by atoms with Crippen LogP contribution in [-0.4, -0.2) is 67.5 Å². The Morgan fingerprint density at radius 2 is 1.93 bits per heavy atom. The Labute approximate surface area is 265 Å². The van der Waals surface area contributed by atoms with Crippen LogP contribution < -0.4 is 5.32 Å². The lowest BCUT2D eigenvalue weighted by Gasteiger charge is -2.15. The van der Waals surface area contributed by atoms with Gasteiger partial charge < -0.3 is 24.4 Å². The second-order valence-corrected chi connectivity index (χ2v) is 17.8. The Balaban J connectivity index is 1.16. The summed E-state index contributed by atoms with van der Waals surface area (Å²) in [6, 6.07) is 11.9. The number of aliphatic hydroxyl groups is 1. The molecule has 1 unspecified atom stereocenters. The fraction of sp³-hybridized carbons (Fsp3) is 0.387. The molecule has 12 nitrogen and oxygen atoms in total. The first-order chi connectivity index (χ1) is 21.9. The molecule has 0 aliphatic heterocycles. The van der Waals surface area contributed by atoms with Crippen LogP contribution in [0.3, 0.4) is 0 Å². The molecule has 46 heavy (non-hydrogen) atoms. The van der Waals surface area contributed by atoms with Crippen molar-refractivity contribution in [3.8, 4) is 11.4 Å². The molecule has 244 valence electrons. The van der Waals surface area contributed by atoms with Crippen molar-refractivity contribution in [1.29, 1.82) is 0 Å². The van der Waals surface area contributed by atoms with Gasteiger partial charge in [-0.15, -0.1) is 0 Å². The molecule has 0 saturated heterocycles. The molecule has 0 aliphatic rings. The topological polar surface area (TPSA) is 142 Å².